The molecule has 1 N–H and O–H groups in total. The van der Waals surface area contributed by atoms with Crippen LogP contribution in [0, 0.1) is 0 Å². The number of halogens is 1. The average Bonchev–Trinajstić information content (AvgIpc) is 2.40. The van der Waals surface area contributed by atoms with Gasteiger partial charge in [0, 0.05) is 5.02 Å². The summed E-state index contributed by atoms with van der Waals surface area (Å²) in [5.74, 6) is -1.36. The number of carbonyl (C=O) groups excluding carboxylic acids is 2. The summed E-state index contributed by atoms with van der Waals surface area (Å²) in [6.07, 6.45) is -0.272. The summed E-state index contributed by atoms with van der Waals surface area (Å²) in [6.45, 7) is 3.59. The van der Waals surface area contributed by atoms with E-state index in [1.807, 2.05) is 6.92 Å². The number of benzene rings is 1. The molecule has 0 aromatic heterocycles. The van der Waals surface area contributed by atoms with E-state index in [4.69, 9.17) is 16.3 Å². The second kappa shape index (κ2) is 7.75. The molecule has 1 aromatic carbocycles. The Hall–Kier alpha value is -1.75. The molecule has 0 radical (unpaired) electrons. The van der Waals surface area contributed by atoms with Gasteiger partial charge in [-0.05, 0) is 37.5 Å². The van der Waals surface area contributed by atoms with Crippen molar-refractivity contribution in [1.29, 1.82) is 0 Å². The fourth-order valence-corrected chi connectivity index (χ4v) is 1.62. The molecule has 0 aliphatic heterocycles. The van der Waals surface area contributed by atoms with Gasteiger partial charge in [-0.15, -0.1) is 0 Å². The second-order valence-corrected chi connectivity index (χ2v) is 4.91. The number of ether oxygens (including phenoxy) is 1. The van der Waals surface area contributed by atoms with Gasteiger partial charge in [-0.25, -0.2) is 4.79 Å². The lowest BCUT2D eigenvalue weighted by Crippen LogP contribution is -2.49. The maximum Gasteiger partial charge on any atom is 0.407 e. The summed E-state index contributed by atoms with van der Waals surface area (Å²) in [5.41, 5.74) is 0.729. The minimum Gasteiger partial charge on any atom is -0.548 e. The fourth-order valence-electron chi connectivity index (χ4n) is 1.49. The van der Waals surface area contributed by atoms with Crippen LogP contribution in [0.3, 0.4) is 0 Å². The first-order chi connectivity index (χ1) is 9.42. The Labute approximate surface area is 122 Å². The highest BCUT2D eigenvalue weighted by Gasteiger charge is 2.16. The van der Waals surface area contributed by atoms with Crippen LogP contribution in [-0.4, -0.2) is 24.2 Å². The zero-order chi connectivity index (χ0) is 15.1. The molecular formula is C14H17ClNO4-. The topological polar surface area (TPSA) is 78.5 Å². The summed E-state index contributed by atoms with van der Waals surface area (Å²) in [6, 6.07) is 5.55. The van der Waals surface area contributed by atoms with Crippen molar-refractivity contribution in [2.24, 2.45) is 0 Å². The Bertz CT molecular complexity index is 461. The van der Waals surface area contributed by atoms with Crippen LogP contribution in [0.15, 0.2) is 24.3 Å². The highest BCUT2D eigenvalue weighted by Crippen LogP contribution is 2.11. The average molecular weight is 299 g/mol. The van der Waals surface area contributed by atoms with E-state index in [-0.39, 0.29) is 12.5 Å². The number of aliphatic carboxylic acids is 1. The first-order valence-electron chi connectivity index (χ1n) is 6.34. The molecule has 20 heavy (non-hydrogen) atoms. The number of rotatable bonds is 6. The molecule has 5 nitrogen and oxygen atoms in total. The van der Waals surface area contributed by atoms with Gasteiger partial charge in [-0.1, -0.05) is 30.7 Å². The monoisotopic (exact) mass is 298 g/mol. The van der Waals surface area contributed by atoms with Crippen LogP contribution in [0.4, 0.5) is 4.79 Å². The molecule has 0 bridgehead atoms. The maximum absolute atomic E-state index is 11.5. The molecule has 0 fully saturated rings. The number of carbonyl (C=O) groups is 2. The molecule has 110 valence electrons. The van der Waals surface area contributed by atoms with Crippen LogP contribution in [0.1, 0.15) is 25.8 Å². The molecule has 0 spiro atoms. The van der Waals surface area contributed by atoms with Gasteiger partial charge in [0.2, 0.25) is 0 Å². The second-order valence-electron chi connectivity index (χ2n) is 4.47. The SMILES string of the molecule is CCC(C)OC(=O)NC(Cc1ccc(Cl)cc1)C(=O)[O-]. The maximum atomic E-state index is 11.5. The van der Waals surface area contributed by atoms with Crippen molar-refractivity contribution in [3.8, 4) is 0 Å². The van der Waals surface area contributed by atoms with Crippen molar-refractivity contribution in [3.05, 3.63) is 34.9 Å². The molecule has 2 unspecified atom stereocenters. The van der Waals surface area contributed by atoms with E-state index < -0.39 is 18.1 Å². The summed E-state index contributed by atoms with van der Waals surface area (Å²) < 4.78 is 4.97. The minimum absolute atomic E-state index is 0.106. The van der Waals surface area contributed by atoms with Crippen LogP contribution >= 0.6 is 11.6 Å². The van der Waals surface area contributed by atoms with Crippen LogP contribution in [0.2, 0.25) is 5.02 Å². The Morgan fingerprint density at radius 2 is 1.95 bits per heavy atom. The number of alkyl carbamates (subject to hydrolysis) is 1. The molecule has 6 heteroatoms. The van der Waals surface area contributed by atoms with Crippen LogP contribution < -0.4 is 10.4 Å². The summed E-state index contributed by atoms with van der Waals surface area (Å²) >= 11 is 5.75. The van der Waals surface area contributed by atoms with E-state index in [0.717, 1.165) is 5.56 Å². The van der Waals surface area contributed by atoms with Gasteiger partial charge in [0.25, 0.3) is 0 Å². The van der Waals surface area contributed by atoms with Crippen LogP contribution in [0.25, 0.3) is 0 Å². The number of hydrogen-bond donors (Lipinski definition) is 1. The number of hydrogen-bond acceptors (Lipinski definition) is 4. The molecule has 0 saturated carbocycles. The molecule has 0 saturated heterocycles. The van der Waals surface area contributed by atoms with E-state index >= 15 is 0 Å². The highest BCUT2D eigenvalue weighted by molar-refractivity contribution is 6.30. The zero-order valence-electron chi connectivity index (χ0n) is 11.4. The third-order valence-electron chi connectivity index (χ3n) is 2.81. The highest BCUT2D eigenvalue weighted by atomic mass is 35.5. The number of carboxylic acid groups (broad SMARTS) is 1. The third-order valence-corrected chi connectivity index (χ3v) is 3.06. The summed E-state index contributed by atoms with van der Waals surface area (Å²) in [7, 11) is 0. The van der Waals surface area contributed by atoms with Crippen LogP contribution in [0.5, 0.6) is 0 Å². The Kier molecular flexibility index (Phi) is 6.31. The van der Waals surface area contributed by atoms with Gasteiger partial charge < -0.3 is 20.0 Å². The summed E-state index contributed by atoms with van der Waals surface area (Å²) in [5, 5.41) is 13.9. The molecule has 0 heterocycles. The first kappa shape index (κ1) is 16.3. The van der Waals surface area contributed by atoms with Gasteiger partial charge in [-0.3, -0.25) is 0 Å². The van der Waals surface area contributed by atoms with Crippen molar-refractivity contribution in [2.75, 3.05) is 0 Å². The number of nitrogens with one attached hydrogen (secondary N) is 1. The van der Waals surface area contributed by atoms with E-state index in [0.29, 0.717) is 11.4 Å². The van der Waals surface area contributed by atoms with Crippen molar-refractivity contribution >= 4 is 23.7 Å². The molecule has 1 rings (SSSR count). The van der Waals surface area contributed by atoms with E-state index in [1.165, 1.54) is 0 Å². The molecule has 1 aromatic rings. The molecule has 0 aliphatic carbocycles. The third kappa shape index (κ3) is 5.48. The van der Waals surface area contributed by atoms with Gasteiger partial charge >= 0.3 is 6.09 Å². The molecule has 2 atom stereocenters. The van der Waals surface area contributed by atoms with Crippen molar-refractivity contribution in [3.63, 3.8) is 0 Å². The molecular weight excluding hydrogens is 282 g/mol. The van der Waals surface area contributed by atoms with E-state index in [2.05, 4.69) is 5.32 Å². The predicted octanol–water partition coefficient (Wildman–Crippen LogP) is 1.53. The van der Waals surface area contributed by atoms with Crippen molar-refractivity contribution < 1.29 is 19.4 Å². The van der Waals surface area contributed by atoms with Crippen molar-refractivity contribution in [1.82, 2.24) is 5.32 Å². The van der Waals surface area contributed by atoms with Crippen molar-refractivity contribution in [2.45, 2.75) is 38.8 Å². The Balaban J connectivity index is 2.63. The lowest BCUT2D eigenvalue weighted by Gasteiger charge is -2.21. The fraction of sp³-hybridized carbons (Fsp3) is 0.429. The van der Waals surface area contributed by atoms with Gasteiger partial charge in [-0.2, -0.15) is 0 Å². The Morgan fingerprint density at radius 1 is 1.35 bits per heavy atom. The predicted molar refractivity (Wildman–Crippen MR) is 73.3 cm³/mol. The number of amides is 1. The quantitative estimate of drug-likeness (QED) is 0.864. The van der Waals surface area contributed by atoms with Gasteiger partial charge in [0.05, 0.1) is 12.0 Å². The zero-order valence-corrected chi connectivity index (χ0v) is 12.1. The van der Waals surface area contributed by atoms with Gasteiger partial charge in [0.1, 0.15) is 6.10 Å². The smallest absolute Gasteiger partial charge is 0.407 e. The lowest BCUT2D eigenvalue weighted by molar-refractivity contribution is -0.308. The standard InChI is InChI=1S/C14H18ClNO4/c1-3-9(2)20-14(19)16-12(13(17)18)8-10-4-6-11(15)7-5-10/h4-7,9,12H,3,8H2,1-2H3,(H,16,19)(H,17,18)/p-1. The lowest BCUT2D eigenvalue weighted by atomic mass is 10.1. The largest absolute Gasteiger partial charge is 0.548 e. The van der Waals surface area contributed by atoms with E-state index in [1.54, 1.807) is 31.2 Å². The molecule has 1 amide bonds. The van der Waals surface area contributed by atoms with E-state index in [9.17, 15) is 14.7 Å². The van der Waals surface area contributed by atoms with Crippen LogP contribution in [-0.2, 0) is 16.0 Å². The number of carboxylic acids is 1. The first-order valence-corrected chi connectivity index (χ1v) is 6.72. The normalized spacial score (nSPS) is 13.3. The minimum atomic E-state index is -1.36. The Morgan fingerprint density at radius 3 is 2.45 bits per heavy atom. The van der Waals surface area contributed by atoms with Gasteiger partial charge in [0.15, 0.2) is 0 Å². The molecule has 0 aliphatic rings. The summed E-state index contributed by atoms with van der Waals surface area (Å²) in [4.78, 5) is 22.6.